The number of rotatable bonds is 8. The maximum Gasteiger partial charge on any atom is 0.250 e. The molecule has 1 aliphatic rings. The molecule has 1 heterocycles. The summed E-state index contributed by atoms with van der Waals surface area (Å²) < 4.78 is 5.42. The molecule has 0 bridgehead atoms. The first-order chi connectivity index (χ1) is 15.2. The highest BCUT2D eigenvalue weighted by molar-refractivity contribution is 5.55. The van der Waals surface area contributed by atoms with Crippen molar-refractivity contribution in [3.8, 4) is 11.4 Å². The van der Waals surface area contributed by atoms with Crippen molar-refractivity contribution in [2.24, 2.45) is 11.8 Å². The van der Waals surface area contributed by atoms with Crippen molar-refractivity contribution in [3.63, 3.8) is 0 Å². The Morgan fingerprint density at radius 1 is 0.968 bits per heavy atom. The standard InChI is InChI=1S/C27H33N3O/c1-30(2)25(19-15-21-9-5-3-6-10-21)23-17-13-22(14-18-23)16-20-26-28-27(29-31-26)24-11-7-4-8-12-24/h3-12,16,20,22-23,25H,13-15,17-19H2,1-2H3. The summed E-state index contributed by atoms with van der Waals surface area (Å²) in [4.78, 5) is 6.95. The molecule has 31 heavy (non-hydrogen) atoms. The third kappa shape index (κ3) is 5.92. The zero-order valence-electron chi connectivity index (χ0n) is 18.7. The molecule has 1 aliphatic carbocycles. The molecule has 4 nitrogen and oxygen atoms in total. The average molecular weight is 416 g/mol. The average Bonchev–Trinajstić information content (AvgIpc) is 3.29. The van der Waals surface area contributed by atoms with Gasteiger partial charge in [-0.3, -0.25) is 0 Å². The molecule has 1 saturated carbocycles. The van der Waals surface area contributed by atoms with Crippen LogP contribution in [0.1, 0.15) is 43.6 Å². The number of benzene rings is 2. The third-order valence-corrected chi connectivity index (χ3v) is 6.58. The quantitative estimate of drug-likeness (QED) is 0.444. The van der Waals surface area contributed by atoms with Crippen LogP contribution in [-0.2, 0) is 6.42 Å². The molecule has 2 aromatic carbocycles. The van der Waals surface area contributed by atoms with Crippen molar-refractivity contribution >= 4 is 6.08 Å². The third-order valence-electron chi connectivity index (χ3n) is 6.58. The Kier molecular flexibility index (Phi) is 7.31. The maximum absolute atomic E-state index is 5.42. The lowest BCUT2D eigenvalue weighted by Gasteiger charge is -2.37. The fourth-order valence-corrected chi connectivity index (χ4v) is 4.82. The number of allylic oxidation sites excluding steroid dienone is 1. The van der Waals surface area contributed by atoms with E-state index >= 15 is 0 Å². The first kappa shape index (κ1) is 21.5. The molecular formula is C27H33N3O. The van der Waals surface area contributed by atoms with Gasteiger partial charge in [-0.25, -0.2) is 0 Å². The molecule has 0 saturated heterocycles. The van der Waals surface area contributed by atoms with E-state index in [4.69, 9.17) is 4.52 Å². The Morgan fingerprint density at radius 2 is 1.65 bits per heavy atom. The van der Waals surface area contributed by atoms with Crippen molar-refractivity contribution in [3.05, 3.63) is 78.2 Å². The monoisotopic (exact) mass is 415 g/mol. The maximum atomic E-state index is 5.42. The van der Waals surface area contributed by atoms with Crippen LogP contribution in [0.4, 0.5) is 0 Å². The minimum atomic E-state index is 0.593. The Bertz CT molecular complexity index is 941. The minimum Gasteiger partial charge on any atom is -0.334 e. The van der Waals surface area contributed by atoms with Gasteiger partial charge < -0.3 is 9.42 Å². The number of aryl methyl sites for hydroxylation is 1. The summed E-state index contributed by atoms with van der Waals surface area (Å²) in [5.41, 5.74) is 2.43. The predicted molar refractivity (Wildman–Crippen MR) is 126 cm³/mol. The zero-order valence-corrected chi connectivity index (χ0v) is 18.7. The fourth-order valence-electron chi connectivity index (χ4n) is 4.82. The Hall–Kier alpha value is -2.72. The van der Waals surface area contributed by atoms with Gasteiger partial charge in [0.15, 0.2) is 0 Å². The van der Waals surface area contributed by atoms with E-state index in [9.17, 15) is 0 Å². The number of hydrogen-bond acceptors (Lipinski definition) is 4. The number of hydrogen-bond donors (Lipinski definition) is 0. The van der Waals surface area contributed by atoms with Crippen LogP contribution in [0.2, 0.25) is 0 Å². The highest BCUT2D eigenvalue weighted by atomic mass is 16.5. The minimum absolute atomic E-state index is 0.593. The van der Waals surface area contributed by atoms with E-state index in [1.165, 1.54) is 37.7 Å². The van der Waals surface area contributed by atoms with Gasteiger partial charge in [-0.05, 0) is 76.1 Å². The fraction of sp³-hybridized carbons (Fsp3) is 0.407. The van der Waals surface area contributed by atoms with Gasteiger partial charge in [0.25, 0.3) is 5.89 Å². The van der Waals surface area contributed by atoms with E-state index in [-0.39, 0.29) is 0 Å². The van der Waals surface area contributed by atoms with E-state index in [0.29, 0.717) is 23.7 Å². The zero-order chi connectivity index (χ0) is 21.5. The first-order valence-corrected chi connectivity index (χ1v) is 11.5. The number of nitrogens with zero attached hydrogens (tertiary/aromatic N) is 3. The Morgan fingerprint density at radius 3 is 2.32 bits per heavy atom. The van der Waals surface area contributed by atoms with Crippen molar-refractivity contribution < 1.29 is 4.52 Å². The molecule has 4 rings (SSSR count). The van der Waals surface area contributed by atoms with Crippen LogP contribution < -0.4 is 0 Å². The van der Waals surface area contributed by atoms with Gasteiger partial charge in [0.1, 0.15) is 0 Å². The summed E-state index contributed by atoms with van der Waals surface area (Å²) in [5.74, 6) is 2.61. The summed E-state index contributed by atoms with van der Waals surface area (Å²) in [6.45, 7) is 0. The molecule has 0 radical (unpaired) electrons. The van der Waals surface area contributed by atoms with E-state index < -0.39 is 0 Å². The lowest BCUT2D eigenvalue weighted by Crippen LogP contribution is -2.37. The lowest BCUT2D eigenvalue weighted by molar-refractivity contribution is 0.150. The number of aromatic nitrogens is 2. The second kappa shape index (κ2) is 10.5. The van der Waals surface area contributed by atoms with Crippen LogP contribution in [0.3, 0.4) is 0 Å². The Balaban J connectivity index is 1.29. The second-order valence-electron chi connectivity index (χ2n) is 8.91. The lowest BCUT2D eigenvalue weighted by atomic mass is 9.76. The molecule has 1 aromatic heterocycles. The van der Waals surface area contributed by atoms with Crippen LogP contribution in [0.5, 0.6) is 0 Å². The normalized spacial score (nSPS) is 20.4. The van der Waals surface area contributed by atoms with Crippen LogP contribution in [-0.4, -0.2) is 35.2 Å². The van der Waals surface area contributed by atoms with Gasteiger partial charge in [-0.2, -0.15) is 4.98 Å². The van der Waals surface area contributed by atoms with E-state index in [2.05, 4.69) is 65.5 Å². The molecule has 0 N–H and O–H groups in total. The molecule has 4 heteroatoms. The van der Waals surface area contributed by atoms with E-state index in [1.54, 1.807) is 0 Å². The first-order valence-electron chi connectivity index (χ1n) is 11.5. The molecule has 3 aromatic rings. The summed E-state index contributed by atoms with van der Waals surface area (Å²) in [6, 6.07) is 21.5. The van der Waals surface area contributed by atoms with E-state index in [0.717, 1.165) is 17.9 Å². The van der Waals surface area contributed by atoms with Crippen LogP contribution >= 0.6 is 0 Å². The molecule has 162 valence electrons. The van der Waals surface area contributed by atoms with Gasteiger partial charge in [0.2, 0.25) is 5.82 Å². The van der Waals surface area contributed by atoms with Gasteiger partial charge in [0.05, 0.1) is 0 Å². The van der Waals surface area contributed by atoms with Gasteiger partial charge in [-0.1, -0.05) is 71.9 Å². The molecule has 1 atom stereocenters. The highest BCUT2D eigenvalue weighted by Gasteiger charge is 2.28. The van der Waals surface area contributed by atoms with Gasteiger partial charge >= 0.3 is 0 Å². The summed E-state index contributed by atoms with van der Waals surface area (Å²) in [7, 11) is 4.48. The van der Waals surface area contributed by atoms with E-state index in [1.807, 2.05) is 36.4 Å². The topological polar surface area (TPSA) is 42.2 Å². The second-order valence-corrected chi connectivity index (χ2v) is 8.91. The van der Waals surface area contributed by atoms with Crippen LogP contribution in [0, 0.1) is 11.8 Å². The molecule has 1 fully saturated rings. The van der Waals surface area contributed by atoms with Crippen LogP contribution in [0.15, 0.2) is 71.3 Å². The van der Waals surface area contributed by atoms with Crippen molar-refractivity contribution in [1.82, 2.24) is 15.0 Å². The highest BCUT2D eigenvalue weighted by Crippen LogP contribution is 2.34. The molecule has 0 spiro atoms. The van der Waals surface area contributed by atoms with Crippen molar-refractivity contribution in [1.29, 1.82) is 0 Å². The molecule has 0 aliphatic heterocycles. The SMILES string of the molecule is CN(C)C(CCc1ccccc1)C1CCC(C=Cc2nc(-c3ccccc3)no2)CC1. The van der Waals surface area contributed by atoms with Crippen molar-refractivity contribution in [2.75, 3.05) is 14.1 Å². The van der Waals surface area contributed by atoms with Gasteiger partial charge in [-0.15, -0.1) is 0 Å². The summed E-state index contributed by atoms with van der Waals surface area (Å²) >= 11 is 0. The summed E-state index contributed by atoms with van der Waals surface area (Å²) in [5, 5.41) is 4.11. The molecular weight excluding hydrogens is 382 g/mol. The smallest absolute Gasteiger partial charge is 0.250 e. The van der Waals surface area contributed by atoms with Gasteiger partial charge in [0, 0.05) is 11.6 Å². The van der Waals surface area contributed by atoms with Crippen molar-refractivity contribution in [2.45, 2.75) is 44.6 Å². The predicted octanol–water partition coefficient (Wildman–Crippen LogP) is 6.12. The molecule has 0 amide bonds. The summed E-state index contributed by atoms with van der Waals surface area (Å²) in [6.07, 6.45) is 11.7. The molecule has 1 unspecified atom stereocenters. The largest absolute Gasteiger partial charge is 0.334 e. The van der Waals surface area contributed by atoms with Crippen LogP contribution in [0.25, 0.3) is 17.5 Å². The Labute approximate surface area is 186 Å².